The van der Waals surface area contributed by atoms with E-state index in [-0.39, 0.29) is 10.8 Å². The highest BCUT2D eigenvalue weighted by molar-refractivity contribution is 8.00. The Bertz CT molecular complexity index is 361. The van der Waals surface area contributed by atoms with E-state index >= 15 is 0 Å². The van der Waals surface area contributed by atoms with Crippen molar-refractivity contribution in [1.29, 1.82) is 0 Å². The number of thioether (sulfide) groups is 1. The molecule has 1 aromatic carbocycles. The van der Waals surface area contributed by atoms with Crippen molar-refractivity contribution in [3.63, 3.8) is 0 Å². The normalized spacial score (nSPS) is 29.5. The number of fused-ring (bicyclic) bond motifs is 1. The Labute approximate surface area is 96.4 Å². The van der Waals surface area contributed by atoms with E-state index in [9.17, 15) is 0 Å². The third-order valence-electron chi connectivity index (χ3n) is 3.74. The molecule has 1 unspecified atom stereocenters. The molecule has 0 spiro atoms. The van der Waals surface area contributed by atoms with E-state index in [0.717, 1.165) is 6.42 Å². The smallest absolute Gasteiger partial charge is 0.0452 e. The first-order valence-electron chi connectivity index (χ1n) is 5.50. The van der Waals surface area contributed by atoms with Crippen LogP contribution >= 0.6 is 11.8 Å². The van der Waals surface area contributed by atoms with Crippen LogP contribution in [0.1, 0.15) is 31.0 Å². The minimum absolute atomic E-state index is 0.184. The predicted octanol–water partition coefficient (Wildman–Crippen LogP) is 3.00. The number of hydrogen-bond acceptors (Lipinski definition) is 2. The van der Waals surface area contributed by atoms with Crippen molar-refractivity contribution in [3.8, 4) is 0 Å². The molecular formula is C13H19NS. The molecule has 0 amide bonds. The van der Waals surface area contributed by atoms with Gasteiger partial charge in [0.1, 0.15) is 0 Å². The Balaban J connectivity index is 2.44. The van der Waals surface area contributed by atoms with E-state index in [4.69, 9.17) is 5.73 Å². The lowest BCUT2D eigenvalue weighted by Crippen LogP contribution is -2.40. The molecule has 2 atom stereocenters. The molecule has 2 heteroatoms. The van der Waals surface area contributed by atoms with Gasteiger partial charge in [-0.25, -0.2) is 0 Å². The highest BCUT2D eigenvalue weighted by Crippen LogP contribution is 2.49. The molecule has 0 aromatic heterocycles. The Morgan fingerprint density at radius 3 is 2.60 bits per heavy atom. The van der Waals surface area contributed by atoms with Gasteiger partial charge in [-0.15, -0.1) is 0 Å². The molecule has 0 aliphatic heterocycles. The van der Waals surface area contributed by atoms with Crippen LogP contribution in [0.4, 0.5) is 0 Å². The van der Waals surface area contributed by atoms with E-state index in [0.29, 0.717) is 5.92 Å². The van der Waals surface area contributed by atoms with Crippen LogP contribution in [0.15, 0.2) is 24.3 Å². The Morgan fingerprint density at radius 2 is 2.07 bits per heavy atom. The fraction of sp³-hybridized carbons (Fsp3) is 0.538. The third kappa shape index (κ3) is 1.51. The topological polar surface area (TPSA) is 26.0 Å². The van der Waals surface area contributed by atoms with Crippen LogP contribution in [0.25, 0.3) is 0 Å². The Hall–Kier alpha value is -0.470. The zero-order valence-corrected chi connectivity index (χ0v) is 10.5. The molecule has 1 aliphatic rings. The number of hydrogen-bond donors (Lipinski definition) is 1. The maximum atomic E-state index is 6.42. The van der Waals surface area contributed by atoms with Gasteiger partial charge in [-0.2, -0.15) is 11.8 Å². The molecule has 0 saturated heterocycles. The van der Waals surface area contributed by atoms with Gasteiger partial charge in [-0.3, -0.25) is 0 Å². The molecule has 0 fully saturated rings. The molecule has 0 radical (unpaired) electrons. The monoisotopic (exact) mass is 221 g/mol. The number of rotatable bonds is 2. The van der Waals surface area contributed by atoms with Crippen molar-refractivity contribution >= 4 is 11.8 Å². The lowest BCUT2D eigenvalue weighted by Gasteiger charge is -2.36. The maximum Gasteiger partial charge on any atom is 0.0452 e. The van der Waals surface area contributed by atoms with E-state index in [1.807, 2.05) is 11.8 Å². The van der Waals surface area contributed by atoms with E-state index < -0.39 is 0 Å². The fourth-order valence-electron chi connectivity index (χ4n) is 2.67. The van der Waals surface area contributed by atoms with E-state index in [2.05, 4.69) is 44.4 Å². The predicted molar refractivity (Wildman–Crippen MR) is 68.2 cm³/mol. The molecule has 1 nitrogen and oxygen atoms in total. The van der Waals surface area contributed by atoms with E-state index in [1.54, 1.807) is 0 Å². The zero-order valence-electron chi connectivity index (χ0n) is 9.66. The van der Waals surface area contributed by atoms with Gasteiger partial charge in [-0.1, -0.05) is 38.1 Å². The van der Waals surface area contributed by atoms with Gasteiger partial charge in [0.05, 0.1) is 0 Å². The molecule has 1 aromatic rings. The molecular weight excluding hydrogens is 202 g/mol. The van der Waals surface area contributed by atoms with Gasteiger partial charge < -0.3 is 5.73 Å². The summed E-state index contributed by atoms with van der Waals surface area (Å²) in [6.45, 7) is 4.56. The van der Waals surface area contributed by atoms with Crippen LogP contribution in [0.5, 0.6) is 0 Å². The standard InChI is InChI=1S/C13H19NS/c1-9(2)13(15-3)8-10-6-4-5-7-11(10)12(13)14/h4-7,9,12H,8,14H2,1-3H3/t12-,13?/m1/s1. The molecule has 0 saturated carbocycles. The third-order valence-corrected chi connectivity index (χ3v) is 5.37. The first-order chi connectivity index (χ1) is 7.12. The second-order valence-electron chi connectivity index (χ2n) is 4.67. The molecule has 2 rings (SSSR count). The summed E-state index contributed by atoms with van der Waals surface area (Å²) < 4.78 is 0.198. The molecule has 1 aliphatic carbocycles. The van der Waals surface area contributed by atoms with Crippen molar-refractivity contribution in [3.05, 3.63) is 35.4 Å². The highest BCUT2D eigenvalue weighted by Gasteiger charge is 2.45. The van der Waals surface area contributed by atoms with E-state index in [1.165, 1.54) is 11.1 Å². The summed E-state index contributed by atoms with van der Waals surface area (Å²) in [6.07, 6.45) is 3.30. The highest BCUT2D eigenvalue weighted by atomic mass is 32.2. The first-order valence-corrected chi connectivity index (χ1v) is 6.73. The van der Waals surface area contributed by atoms with Crippen LogP contribution in [0, 0.1) is 5.92 Å². The summed E-state index contributed by atoms with van der Waals surface area (Å²) in [5.41, 5.74) is 9.20. The quantitative estimate of drug-likeness (QED) is 0.831. The largest absolute Gasteiger partial charge is 0.323 e. The zero-order chi connectivity index (χ0) is 11.1. The van der Waals surface area contributed by atoms with Crippen LogP contribution in [-0.2, 0) is 6.42 Å². The number of benzene rings is 1. The average Bonchev–Trinajstić information content (AvgIpc) is 2.53. The molecule has 15 heavy (non-hydrogen) atoms. The van der Waals surface area contributed by atoms with Gasteiger partial charge >= 0.3 is 0 Å². The average molecular weight is 221 g/mol. The Morgan fingerprint density at radius 1 is 1.40 bits per heavy atom. The van der Waals surface area contributed by atoms with Crippen LogP contribution < -0.4 is 5.73 Å². The lowest BCUT2D eigenvalue weighted by molar-refractivity contribution is 0.394. The van der Waals surface area contributed by atoms with Gasteiger partial charge in [0.25, 0.3) is 0 Å². The lowest BCUT2D eigenvalue weighted by atomic mass is 9.88. The summed E-state index contributed by atoms with van der Waals surface area (Å²) in [7, 11) is 0. The Kier molecular flexibility index (Phi) is 2.82. The summed E-state index contributed by atoms with van der Waals surface area (Å²) >= 11 is 1.93. The van der Waals surface area contributed by atoms with Gasteiger partial charge in [0, 0.05) is 10.8 Å². The second-order valence-corrected chi connectivity index (χ2v) is 5.84. The van der Waals surface area contributed by atoms with Gasteiger partial charge in [-0.05, 0) is 29.7 Å². The van der Waals surface area contributed by atoms with Crippen molar-refractivity contribution in [2.45, 2.75) is 31.1 Å². The fourth-order valence-corrected chi connectivity index (χ4v) is 3.82. The van der Waals surface area contributed by atoms with Gasteiger partial charge in [0.2, 0.25) is 0 Å². The summed E-state index contributed by atoms with van der Waals surface area (Å²) in [4.78, 5) is 0. The summed E-state index contributed by atoms with van der Waals surface area (Å²) in [5, 5.41) is 0. The van der Waals surface area contributed by atoms with Crippen LogP contribution in [0.3, 0.4) is 0 Å². The first kappa shape index (κ1) is 11.0. The van der Waals surface area contributed by atoms with Gasteiger partial charge in [0.15, 0.2) is 0 Å². The minimum atomic E-state index is 0.184. The van der Waals surface area contributed by atoms with Crippen molar-refractivity contribution < 1.29 is 0 Å². The molecule has 0 bridgehead atoms. The SMILES string of the molecule is CSC1(C(C)C)Cc2ccccc2[C@H]1N. The number of nitrogens with two attached hydrogens (primary N) is 1. The molecule has 2 N–H and O–H groups in total. The van der Waals surface area contributed by atoms with Crippen LogP contribution in [0.2, 0.25) is 0 Å². The van der Waals surface area contributed by atoms with Crippen LogP contribution in [-0.4, -0.2) is 11.0 Å². The van der Waals surface area contributed by atoms with Crippen molar-refractivity contribution in [2.24, 2.45) is 11.7 Å². The minimum Gasteiger partial charge on any atom is -0.323 e. The van der Waals surface area contributed by atoms with Crippen molar-refractivity contribution in [1.82, 2.24) is 0 Å². The molecule has 82 valence electrons. The van der Waals surface area contributed by atoms with Crippen molar-refractivity contribution in [2.75, 3.05) is 6.26 Å². The second kappa shape index (κ2) is 3.84. The summed E-state index contributed by atoms with van der Waals surface area (Å²) in [5.74, 6) is 0.606. The maximum absolute atomic E-state index is 6.42. The molecule has 0 heterocycles. The summed E-state index contributed by atoms with van der Waals surface area (Å²) in [6, 6.07) is 8.79.